The van der Waals surface area contributed by atoms with E-state index in [1.54, 1.807) is 0 Å². The van der Waals surface area contributed by atoms with Crippen LogP contribution in [-0.4, -0.2) is 13.9 Å². The topological polar surface area (TPSA) is 14.8 Å². The maximum absolute atomic E-state index is 2.43. The van der Waals surface area contributed by atoms with E-state index in [-0.39, 0.29) is 0 Å². The van der Waals surface area contributed by atoms with E-state index >= 15 is 0 Å². The molecule has 0 saturated carbocycles. The van der Waals surface area contributed by atoms with Crippen molar-refractivity contribution in [2.75, 3.05) is 0 Å². The Balaban J connectivity index is 1.15. The predicted octanol–water partition coefficient (Wildman–Crippen LogP) is 12.1. The Labute approximate surface area is 282 Å². The summed E-state index contributed by atoms with van der Waals surface area (Å²) in [5.74, 6) is 0. The number of rotatable bonds is 3. The third kappa shape index (κ3) is 3.67. The number of para-hydroxylation sites is 4. The van der Waals surface area contributed by atoms with Crippen LogP contribution in [0.15, 0.2) is 176 Å². The smallest absolute Gasteiger partial charge is 0.0716 e. The van der Waals surface area contributed by atoms with Gasteiger partial charge in [0.2, 0.25) is 0 Å². The first-order chi connectivity index (χ1) is 24.3. The van der Waals surface area contributed by atoms with Crippen molar-refractivity contribution in [3.8, 4) is 16.8 Å². The highest BCUT2D eigenvalue weighted by atomic mass is 15.5. The molecule has 228 valence electrons. The van der Waals surface area contributed by atoms with Gasteiger partial charge in [-0.25, -0.2) is 9.35 Å². The molecule has 3 heterocycles. The summed E-state index contributed by atoms with van der Waals surface area (Å²) in [7, 11) is 0. The van der Waals surface area contributed by atoms with Crippen molar-refractivity contribution in [1.29, 1.82) is 0 Å². The van der Waals surface area contributed by atoms with Gasteiger partial charge >= 0.3 is 0 Å². The van der Waals surface area contributed by atoms with Crippen LogP contribution in [0.5, 0.6) is 0 Å². The summed E-state index contributed by atoms with van der Waals surface area (Å²) in [5, 5.41) is 10.0. The molecule has 11 aromatic rings. The molecule has 3 aromatic heterocycles. The maximum atomic E-state index is 2.43. The second-order valence-electron chi connectivity index (χ2n) is 13.0. The van der Waals surface area contributed by atoms with E-state index in [0.717, 1.165) is 0 Å². The quantitative estimate of drug-likeness (QED) is 0.186. The molecule has 0 spiro atoms. The number of hydrogen-bond acceptors (Lipinski definition) is 0. The van der Waals surface area contributed by atoms with Crippen molar-refractivity contribution in [3.63, 3.8) is 0 Å². The molecule has 0 aliphatic heterocycles. The van der Waals surface area contributed by atoms with Crippen LogP contribution in [-0.2, 0) is 0 Å². The average Bonchev–Trinajstić information content (AvgIpc) is 3.79. The largest absolute Gasteiger partial charge is 0.309 e. The van der Waals surface area contributed by atoms with E-state index in [0.29, 0.717) is 0 Å². The number of fused-ring (bicyclic) bond motifs is 10. The molecular weight excluding hydrogens is 595 g/mol. The summed E-state index contributed by atoms with van der Waals surface area (Å²) < 4.78 is 7.22. The maximum Gasteiger partial charge on any atom is 0.0716 e. The Morgan fingerprint density at radius 2 is 0.653 bits per heavy atom. The molecular formula is C46H29N3. The van der Waals surface area contributed by atoms with Gasteiger partial charge in [0.1, 0.15) is 0 Å². The first-order valence-electron chi connectivity index (χ1n) is 16.9. The number of aromatic nitrogens is 3. The van der Waals surface area contributed by atoms with Gasteiger partial charge in [0.25, 0.3) is 0 Å². The minimum atomic E-state index is 1.19. The van der Waals surface area contributed by atoms with E-state index in [4.69, 9.17) is 0 Å². The van der Waals surface area contributed by atoms with Crippen LogP contribution in [0.3, 0.4) is 0 Å². The van der Waals surface area contributed by atoms with E-state index in [1.807, 2.05) is 0 Å². The summed E-state index contributed by atoms with van der Waals surface area (Å²) in [6, 6.07) is 64.3. The Hall–Kier alpha value is -6.58. The zero-order chi connectivity index (χ0) is 32.1. The fourth-order valence-corrected chi connectivity index (χ4v) is 8.28. The fourth-order valence-electron chi connectivity index (χ4n) is 8.28. The van der Waals surface area contributed by atoms with E-state index < -0.39 is 0 Å². The minimum absolute atomic E-state index is 1.19. The van der Waals surface area contributed by atoms with Gasteiger partial charge in [-0.05, 0) is 71.1 Å². The molecule has 11 rings (SSSR count). The highest BCUT2D eigenvalue weighted by Gasteiger charge is 2.19. The van der Waals surface area contributed by atoms with Crippen LogP contribution in [0.1, 0.15) is 0 Å². The summed E-state index contributed by atoms with van der Waals surface area (Å²) in [4.78, 5) is 0. The Morgan fingerprint density at radius 3 is 1.27 bits per heavy atom. The van der Waals surface area contributed by atoms with Gasteiger partial charge in [0.05, 0.1) is 38.8 Å². The third-order valence-corrected chi connectivity index (χ3v) is 10.4. The lowest BCUT2D eigenvalue weighted by Gasteiger charge is -2.13. The zero-order valence-corrected chi connectivity index (χ0v) is 26.6. The highest BCUT2D eigenvalue weighted by Crippen LogP contribution is 2.39. The van der Waals surface area contributed by atoms with Crippen LogP contribution >= 0.6 is 0 Å². The molecule has 0 aliphatic carbocycles. The molecule has 0 saturated heterocycles. The normalized spacial score (nSPS) is 12.1. The predicted molar refractivity (Wildman–Crippen MR) is 207 cm³/mol. The van der Waals surface area contributed by atoms with E-state index in [9.17, 15) is 0 Å². The van der Waals surface area contributed by atoms with Crippen molar-refractivity contribution >= 4 is 76.2 Å². The van der Waals surface area contributed by atoms with Gasteiger partial charge in [-0.1, -0.05) is 121 Å². The van der Waals surface area contributed by atoms with E-state index in [1.165, 1.54) is 93.0 Å². The van der Waals surface area contributed by atoms with Crippen molar-refractivity contribution in [2.24, 2.45) is 0 Å². The van der Waals surface area contributed by atoms with E-state index in [2.05, 4.69) is 190 Å². The molecule has 0 fully saturated rings. The molecule has 3 nitrogen and oxygen atoms in total. The lowest BCUT2D eigenvalue weighted by molar-refractivity contribution is 0.775. The lowest BCUT2D eigenvalue weighted by Crippen LogP contribution is -2.08. The summed E-state index contributed by atoms with van der Waals surface area (Å²) in [6.45, 7) is 0. The number of hydrogen-bond donors (Lipinski definition) is 0. The standard InChI is InChI=1S/C46H29N3/c1-2-14-33-30(12-1)13-11-23-40(33)47-41-19-7-3-17-36(41)38-28-31(24-26-42(38)47)32-25-27-46-39(29-32)37-18-6-10-22-45(37)49(46)48-43-20-8-4-15-34(43)35-16-5-9-21-44(35)48/h1-29H. The molecule has 0 N–H and O–H groups in total. The summed E-state index contributed by atoms with van der Waals surface area (Å²) >= 11 is 0. The molecule has 0 unspecified atom stereocenters. The molecule has 0 atom stereocenters. The highest BCUT2D eigenvalue weighted by molar-refractivity contribution is 6.14. The second-order valence-corrected chi connectivity index (χ2v) is 13.0. The zero-order valence-electron chi connectivity index (χ0n) is 26.6. The van der Waals surface area contributed by atoms with Crippen LogP contribution in [0.2, 0.25) is 0 Å². The van der Waals surface area contributed by atoms with Crippen molar-refractivity contribution < 1.29 is 0 Å². The molecule has 0 radical (unpaired) electrons. The van der Waals surface area contributed by atoms with Gasteiger partial charge < -0.3 is 4.57 Å². The first kappa shape index (κ1) is 26.5. The van der Waals surface area contributed by atoms with Crippen LogP contribution in [0, 0.1) is 0 Å². The minimum Gasteiger partial charge on any atom is -0.309 e. The fraction of sp³-hybridized carbons (Fsp3) is 0. The number of benzene rings is 8. The lowest BCUT2D eigenvalue weighted by atomic mass is 10.0. The molecule has 3 heteroatoms. The monoisotopic (exact) mass is 623 g/mol. The van der Waals surface area contributed by atoms with Gasteiger partial charge in [-0.3, -0.25) is 0 Å². The van der Waals surface area contributed by atoms with Gasteiger partial charge in [-0.15, -0.1) is 0 Å². The average molecular weight is 624 g/mol. The Morgan fingerprint density at radius 1 is 0.265 bits per heavy atom. The van der Waals surface area contributed by atoms with Gasteiger partial charge in [0, 0.05) is 37.7 Å². The molecule has 0 aliphatic rings. The van der Waals surface area contributed by atoms with Crippen molar-refractivity contribution in [1.82, 2.24) is 13.9 Å². The van der Waals surface area contributed by atoms with Crippen LogP contribution in [0.4, 0.5) is 0 Å². The first-order valence-corrected chi connectivity index (χ1v) is 16.9. The molecule has 8 aromatic carbocycles. The molecule has 0 amide bonds. The van der Waals surface area contributed by atoms with Crippen molar-refractivity contribution in [2.45, 2.75) is 0 Å². The second kappa shape index (κ2) is 9.96. The third-order valence-electron chi connectivity index (χ3n) is 10.4. The van der Waals surface area contributed by atoms with Gasteiger partial charge in [0.15, 0.2) is 0 Å². The van der Waals surface area contributed by atoms with Crippen molar-refractivity contribution in [3.05, 3.63) is 176 Å². The summed E-state index contributed by atoms with van der Waals surface area (Å²) in [5.41, 5.74) is 10.8. The Bertz CT molecular complexity index is 3060. The van der Waals surface area contributed by atoms with Crippen LogP contribution < -0.4 is 0 Å². The molecule has 49 heavy (non-hydrogen) atoms. The van der Waals surface area contributed by atoms with Crippen LogP contribution in [0.25, 0.3) is 93.0 Å². The van der Waals surface area contributed by atoms with Gasteiger partial charge in [-0.2, -0.15) is 0 Å². The number of nitrogens with zero attached hydrogens (tertiary/aromatic N) is 3. The summed E-state index contributed by atoms with van der Waals surface area (Å²) in [6.07, 6.45) is 0. The Kier molecular flexibility index (Phi) is 5.38. The molecule has 0 bridgehead atoms. The SMILES string of the molecule is c1ccc2c(-n3c4ccccc4c4cc(-c5ccc6c(c5)c5ccccc5n6-n5c6ccccc6c6ccccc65)ccc43)cccc2c1.